The molecule has 0 radical (unpaired) electrons. The van der Waals surface area contributed by atoms with Crippen molar-refractivity contribution in [1.82, 2.24) is 0 Å². The molecule has 0 fully saturated rings. The van der Waals surface area contributed by atoms with Crippen LogP contribution in [0, 0.1) is 22.7 Å². The van der Waals surface area contributed by atoms with Gasteiger partial charge in [0.25, 0.3) is 0 Å². The summed E-state index contributed by atoms with van der Waals surface area (Å²) in [5.41, 5.74) is 3.49. The van der Waals surface area contributed by atoms with Gasteiger partial charge in [0.15, 0.2) is 0 Å². The summed E-state index contributed by atoms with van der Waals surface area (Å²) in [4.78, 5) is 0. The van der Waals surface area contributed by atoms with Gasteiger partial charge in [0.05, 0.1) is 0 Å². The lowest BCUT2D eigenvalue weighted by molar-refractivity contribution is 0.390. The first-order valence-corrected chi connectivity index (χ1v) is 9.00. The van der Waals surface area contributed by atoms with Crippen LogP contribution in [0.3, 0.4) is 0 Å². The average Bonchev–Trinajstić information content (AvgIpc) is 2.36. The highest BCUT2D eigenvalue weighted by Crippen LogP contribution is 2.36. The fraction of sp³-hybridized carbons (Fsp3) is 0.727. The maximum absolute atomic E-state index is 2.48. The lowest BCUT2D eigenvalue weighted by atomic mass is 9.74. The van der Waals surface area contributed by atoms with Gasteiger partial charge in [0, 0.05) is 0 Å². The van der Waals surface area contributed by atoms with Crippen LogP contribution in [0.4, 0.5) is 0 Å². The van der Waals surface area contributed by atoms with Crippen molar-refractivity contribution in [3.05, 3.63) is 35.5 Å². The van der Waals surface area contributed by atoms with E-state index in [-0.39, 0.29) is 10.8 Å². The summed E-state index contributed by atoms with van der Waals surface area (Å²) >= 11 is 0. The molecular weight excluding hydrogens is 264 g/mol. The molecule has 0 aliphatic heterocycles. The van der Waals surface area contributed by atoms with Crippen LogP contribution >= 0.6 is 0 Å². The van der Waals surface area contributed by atoms with Gasteiger partial charge in [-0.2, -0.15) is 0 Å². The Kier molecular flexibility index (Phi) is 8.44. The lowest BCUT2D eigenvalue weighted by Crippen LogP contribution is -2.20. The summed E-state index contributed by atoms with van der Waals surface area (Å²) in [6.45, 7) is 23.0. The van der Waals surface area contributed by atoms with Crippen molar-refractivity contribution >= 4 is 0 Å². The molecule has 0 saturated carbocycles. The molecule has 0 saturated heterocycles. The summed E-state index contributed by atoms with van der Waals surface area (Å²) in [5, 5.41) is 0. The van der Waals surface area contributed by atoms with Crippen LogP contribution in [0.1, 0.15) is 82.1 Å². The van der Waals surface area contributed by atoms with E-state index in [1.807, 2.05) is 0 Å². The van der Waals surface area contributed by atoms with Gasteiger partial charge < -0.3 is 0 Å². The van der Waals surface area contributed by atoms with Crippen LogP contribution in [0.5, 0.6) is 0 Å². The fourth-order valence-electron chi connectivity index (χ4n) is 2.96. The molecule has 0 rings (SSSR count). The van der Waals surface area contributed by atoms with E-state index in [4.69, 9.17) is 0 Å². The minimum atomic E-state index is 0.221. The number of rotatable bonds is 6. The van der Waals surface area contributed by atoms with Gasteiger partial charge in [-0.3, -0.25) is 0 Å². The molecule has 0 nitrogen and oxygen atoms in total. The molecule has 0 aromatic rings. The summed E-state index contributed by atoms with van der Waals surface area (Å²) in [5.74, 6) is 1.14. The van der Waals surface area contributed by atoms with Crippen molar-refractivity contribution in [2.24, 2.45) is 22.7 Å². The Hall–Kier alpha value is -0.780. The summed E-state index contributed by atoms with van der Waals surface area (Å²) < 4.78 is 0. The molecule has 0 heterocycles. The van der Waals surface area contributed by atoms with Crippen molar-refractivity contribution < 1.29 is 0 Å². The molecule has 2 atom stereocenters. The molecule has 0 bridgehead atoms. The van der Waals surface area contributed by atoms with E-state index in [9.17, 15) is 0 Å². The molecule has 0 aromatic carbocycles. The Labute approximate surface area is 140 Å². The van der Waals surface area contributed by atoms with E-state index in [1.54, 1.807) is 5.57 Å². The Morgan fingerprint density at radius 1 is 0.955 bits per heavy atom. The zero-order valence-electron chi connectivity index (χ0n) is 16.9. The third-order valence-corrected chi connectivity index (χ3v) is 4.55. The van der Waals surface area contributed by atoms with Gasteiger partial charge >= 0.3 is 0 Å². The zero-order valence-corrected chi connectivity index (χ0v) is 16.9. The first-order valence-electron chi connectivity index (χ1n) is 9.00. The van der Waals surface area contributed by atoms with Gasteiger partial charge in [0.1, 0.15) is 0 Å². The Morgan fingerprint density at radius 2 is 1.50 bits per heavy atom. The normalized spacial score (nSPS) is 17.9. The number of hydrogen-bond donors (Lipinski definition) is 0. The number of unbranched alkanes of at least 4 members (excludes halogenated alkanes) is 1. The smallest absolute Gasteiger partial charge is 0.0135 e. The predicted octanol–water partition coefficient (Wildman–Crippen LogP) is 7.58. The molecule has 0 N–H and O–H groups in total. The monoisotopic (exact) mass is 304 g/mol. The highest BCUT2D eigenvalue weighted by atomic mass is 14.3. The summed E-state index contributed by atoms with van der Waals surface area (Å²) in [7, 11) is 0. The van der Waals surface area contributed by atoms with Crippen LogP contribution in [-0.2, 0) is 0 Å². The van der Waals surface area contributed by atoms with E-state index in [0.29, 0.717) is 11.8 Å². The SMILES string of the molecule is CC=C(C=CC(C)C(C)C(=CCCC)C(C)(C)C)C(C)(C)C. The van der Waals surface area contributed by atoms with Crippen LogP contribution in [0.15, 0.2) is 35.5 Å². The van der Waals surface area contributed by atoms with Crippen molar-refractivity contribution in [2.75, 3.05) is 0 Å². The fourth-order valence-corrected chi connectivity index (χ4v) is 2.96. The largest absolute Gasteiger partial charge is 0.0845 e. The van der Waals surface area contributed by atoms with E-state index in [2.05, 4.69) is 93.5 Å². The highest BCUT2D eigenvalue weighted by Gasteiger charge is 2.25. The van der Waals surface area contributed by atoms with E-state index in [1.165, 1.54) is 18.4 Å². The van der Waals surface area contributed by atoms with Gasteiger partial charge in [-0.05, 0) is 41.6 Å². The first kappa shape index (κ1) is 21.2. The van der Waals surface area contributed by atoms with Crippen molar-refractivity contribution in [3.63, 3.8) is 0 Å². The predicted molar refractivity (Wildman–Crippen MR) is 103 cm³/mol. The molecule has 0 aliphatic rings. The molecule has 22 heavy (non-hydrogen) atoms. The second-order valence-corrected chi connectivity index (χ2v) is 8.70. The third-order valence-electron chi connectivity index (χ3n) is 4.55. The maximum atomic E-state index is 2.48. The summed E-state index contributed by atoms with van der Waals surface area (Å²) in [6.07, 6.45) is 11.9. The quantitative estimate of drug-likeness (QED) is 0.350. The summed E-state index contributed by atoms with van der Waals surface area (Å²) in [6, 6.07) is 0. The molecule has 0 aliphatic carbocycles. The van der Waals surface area contributed by atoms with Crippen LogP contribution in [0.2, 0.25) is 0 Å². The minimum absolute atomic E-state index is 0.221. The Bertz CT molecular complexity index is 404. The molecular formula is C22H40. The molecule has 0 heteroatoms. The number of hydrogen-bond acceptors (Lipinski definition) is 0. The third kappa shape index (κ3) is 6.99. The molecule has 128 valence electrons. The van der Waals surface area contributed by atoms with E-state index >= 15 is 0 Å². The number of allylic oxidation sites excluding steroid dienone is 6. The van der Waals surface area contributed by atoms with Gasteiger partial charge in [0.2, 0.25) is 0 Å². The van der Waals surface area contributed by atoms with Crippen LogP contribution in [0.25, 0.3) is 0 Å². The van der Waals surface area contributed by atoms with Crippen LogP contribution < -0.4 is 0 Å². The highest BCUT2D eigenvalue weighted by molar-refractivity contribution is 5.25. The van der Waals surface area contributed by atoms with E-state index in [0.717, 1.165) is 0 Å². The average molecular weight is 305 g/mol. The Balaban J connectivity index is 5.22. The molecule has 0 aromatic heterocycles. The van der Waals surface area contributed by atoms with Crippen molar-refractivity contribution in [1.29, 1.82) is 0 Å². The first-order chi connectivity index (χ1) is 9.95. The topological polar surface area (TPSA) is 0 Å². The lowest BCUT2D eigenvalue weighted by Gasteiger charge is -2.31. The second kappa shape index (κ2) is 8.75. The van der Waals surface area contributed by atoms with Gasteiger partial charge in [-0.25, -0.2) is 0 Å². The molecule has 2 unspecified atom stereocenters. The van der Waals surface area contributed by atoms with Gasteiger partial charge in [-0.15, -0.1) is 0 Å². The standard InChI is InChI=1S/C22H40/c1-11-13-14-20(22(8,9)10)18(4)17(3)15-16-19(12-2)21(5,6)7/h12,14-18H,11,13H2,1-10H3. The van der Waals surface area contributed by atoms with Crippen molar-refractivity contribution in [2.45, 2.75) is 82.1 Å². The maximum Gasteiger partial charge on any atom is -0.0135 e. The minimum Gasteiger partial charge on any atom is -0.0845 e. The van der Waals surface area contributed by atoms with Gasteiger partial charge in [-0.1, -0.05) is 98.6 Å². The Morgan fingerprint density at radius 3 is 1.86 bits per heavy atom. The second-order valence-electron chi connectivity index (χ2n) is 8.70. The van der Waals surface area contributed by atoms with Crippen LogP contribution in [-0.4, -0.2) is 0 Å². The zero-order chi connectivity index (χ0) is 17.6. The van der Waals surface area contributed by atoms with E-state index < -0.39 is 0 Å². The molecule has 0 spiro atoms. The molecule has 0 amide bonds. The van der Waals surface area contributed by atoms with Crippen molar-refractivity contribution in [3.8, 4) is 0 Å².